The van der Waals surface area contributed by atoms with Gasteiger partial charge >= 0.3 is 0 Å². The molecule has 0 amide bonds. The van der Waals surface area contributed by atoms with Crippen LogP contribution in [0, 0.1) is 13.8 Å². The highest BCUT2D eigenvalue weighted by atomic mass is 15.2. The molecule has 0 spiro atoms. The summed E-state index contributed by atoms with van der Waals surface area (Å²) in [5.41, 5.74) is 4.94. The summed E-state index contributed by atoms with van der Waals surface area (Å²) < 4.78 is 2.00. The molecule has 0 aliphatic rings. The molecule has 3 rings (SSSR count). The number of rotatable bonds is 2. The summed E-state index contributed by atoms with van der Waals surface area (Å²) in [5.74, 6) is 0.802. The third kappa shape index (κ3) is 2.89. The van der Waals surface area contributed by atoms with Crippen molar-refractivity contribution in [1.82, 2.24) is 9.38 Å². The molecule has 2 heterocycles. The van der Waals surface area contributed by atoms with Gasteiger partial charge in [0.1, 0.15) is 5.65 Å². The first kappa shape index (κ1) is 15.4. The van der Waals surface area contributed by atoms with Crippen molar-refractivity contribution in [2.45, 2.75) is 40.0 Å². The Hall–Kier alpha value is -2.49. The maximum Gasteiger partial charge on any atom is 0.183 e. The number of fused-ring (bicyclic) bond motifs is 1. The molecule has 23 heavy (non-hydrogen) atoms. The number of imidazole rings is 1. The number of aryl methyl sites for hydroxylation is 2. The fraction of sp³-hybridized carbons (Fsp3) is 0.316. The molecule has 0 atom stereocenters. The third-order valence-corrected chi connectivity index (χ3v) is 3.90. The van der Waals surface area contributed by atoms with Gasteiger partial charge in [0.25, 0.3) is 0 Å². The Bertz CT molecular complexity index is 862. The zero-order valence-corrected chi connectivity index (χ0v) is 14.3. The van der Waals surface area contributed by atoms with Crippen molar-refractivity contribution in [3.63, 3.8) is 0 Å². The molecular weight excluding hydrogens is 284 g/mol. The van der Waals surface area contributed by atoms with E-state index in [1.165, 1.54) is 0 Å². The molecule has 0 saturated carbocycles. The van der Waals surface area contributed by atoms with E-state index in [-0.39, 0.29) is 5.41 Å². The van der Waals surface area contributed by atoms with Crippen LogP contribution in [0.4, 0.5) is 11.5 Å². The molecular formula is C19H22N4. The average Bonchev–Trinajstić information content (AvgIpc) is 2.86. The fourth-order valence-electron chi connectivity index (χ4n) is 2.64. The van der Waals surface area contributed by atoms with E-state index in [1.807, 2.05) is 34.9 Å². The summed E-state index contributed by atoms with van der Waals surface area (Å²) in [4.78, 5) is 4.75. The van der Waals surface area contributed by atoms with Crippen molar-refractivity contribution in [2.24, 2.45) is 10.2 Å². The van der Waals surface area contributed by atoms with Gasteiger partial charge in [-0.05, 0) is 37.1 Å². The molecule has 1 aromatic carbocycles. The number of azo groups is 1. The summed E-state index contributed by atoms with van der Waals surface area (Å²) in [6.07, 6.45) is 1.98. The van der Waals surface area contributed by atoms with Gasteiger partial charge in [-0.2, -0.15) is 0 Å². The molecule has 4 heteroatoms. The lowest BCUT2D eigenvalue weighted by atomic mass is 9.92. The van der Waals surface area contributed by atoms with Crippen LogP contribution in [0.25, 0.3) is 5.65 Å². The number of hydrogen-bond acceptors (Lipinski definition) is 3. The van der Waals surface area contributed by atoms with Gasteiger partial charge in [-0.1, -0.05) is 45.0 Å². The monoisotopic (exact) mass is 306 g/mol. The van der Waals surface area contributed by atoms with Crippen molar-refractivity contribution in [1.29, 1.82) is 0 Å². The first-order chi connectivity index (χ1) is 10.9. The van der Waals surface area contributed by atoms with Crippen LogP contribution in [0.2, 0.25) is 0 Å². The van der Waals surface area contributed by atoms with Crippen LogP contribution in [0.15, 0.2) is 52.8 Å². The van der Waals surface area contributed by atoms with Crippen LogP contribution in [-0.2, 0) is 5.41 Å². The molecule has 118 valence electrons. The first-order valence-corrected chi connectivity index (χ1v) is 7.83. The zero-order valence-electron chi connectivity index (χ0n) is 14.3. The number of nitrogens with zero attached hydrogens (tertiary/aromatic N) is 4. The second-order valence-corrected chi connectivity index (χ2v) is 6.90. The van der Waals surface area contributed by atoms with Gasteiger partial charge in [0.05, 0.1) is 11.4 Å². The highest BCUT2D eigenvalue weighted by molar-refractivity contribution is 5.55. The molecule has 0 fully saturated rings. The Morgan fingerprint density at radius 3 is 2.26 bits per heavy atom. The summed E-state index contributed by atoms with van der Waals surface area (Å²) in [5, 5.41) is 9.11. The van der Waals surface area contributed by atoms with Crippen LogP contribution >= 0.6 is 0 Å². The van der Waals surface area contributed by atoms with Gasteiger partial charge < -0.3 is 0 Å². The van der Waals surface area contributed by atoms with Crippen LogP contribution in [0.1, 0.15) is 37.6 Å². The van der Waals surface area contributed by atoms with Crippen molar-refractivity contribution < 1.29 is 0 Å². The highest BCUT2D eigenvalue weighted by Crippen LogP contribution is 2.33. The smallest absolute Gasteiger partial charge is 0.183 e. The predicted molar refractivity (Wildman–Crippen MR) is 94.0 cm³/mol. The average molecular weight is 306 g/mol. The van der Waals surface area contributed by atoms with Crippen molar-refractivity contribution in [2.75, 3.05) is 0 Å². The largest absolute Gasteiger partial charge is 0.283 e. The minimum Gasteiger partial charge on any atom is -0.283 e. The van der Waals surface area contributed by atoms with Crippen molar-refractivity contribution >= 4 is 17.2 Å². The Balaban J connectivity index is 2.18. The van der Waals surface area contributed by atoms with Crippen molar-refractivity contribution in [3.05, 3.63) is 59.4 Å². The Morgan fingerprint density at radius 2 is 1.61 bits per heavy atom. The Morgan fingerprint density at radius 1 is 0.913 bits per heavy atom. The number of pyridine rings is 1. The maximum absolute atomic E-state index is 4.75. The molecule has 4 nitrogen and oxygen atoms in total. The summed E-state index contributed by atoms with van der Waals surface area (Å²) in [6.45, 7) is 10.5. The molecule has 0 saturated heterocycles. The van der Waals surface area contributed by atoms with Crippen molar-refractivity contribution in [3.8, 4) is 0 Å². The lowest BCUT2D eigenvalue weighted by molar-refractivity contribution is 0.574. The van der Waals surface area contributed by atoms with Crippen LogP contribution in [-0.4, -0.2) is 9.38 Å². The van der Waals surface area contributed by atoms with E-state index in [0.717, 1.165) is 34.0 Å². The van der Waals surface area contributed by atoms with Gasteiger partial charge in [-0.15, -0.1) is 10.2 Å². The summed E-state index contributed by atoms with van der Waals surface area (Å²) >= 11 is 0. The predicted octanol–water partition coefficient (Wildman–Crippen LogP) is 5.66. The first-order valence-electron chi connectivity index (χ1n) is 7.83. The van der Waals surface area contributed by atoms with E-state index in [4.69, 9.17) is 4.98 Å². The minimum atomic E-state index is -0.0961. The van der Waals surface area contributed by atoms with Crippen LogP contribution < -0.4 is 0 Å². The number of benzene rings is 1. The van der Waals surface area contributed by atoms with Gasteiger partial charge in [0.2, 0.25) is 0 Å². The minimum absolute atomic E-state index is 0.0961. The molecule has 0 radical (unpaired) electrons. The number of aromatic nitrogens is 2. The van der Waals surface area contributed by atoms with Crippen LogP contribution in [0.3, 0.4) is 0 Å². The maximum atomic E-state index is 4.75. The standard InChI is InChI=1S/C19H22N4/c1-13-9-8-10-14(2)16(13)21-22-18-17(19(3,4)5)20-15-11-6-7-12-23(15)18/h6-12H,1-5H3. The van der Waals surface area contributed by atoms with E-state index in [2.05, 4.69) is 57.0 Å². The van der Waals surface area contributed by atoms with E-state index in [9.17, 15) is 0 Å². The van der Waals surface area contributed by atoms with Gasteiger partial charge in [0, 0.05) is 11.6 Å². The Kier molecular flexibility index (Phi) is 3.76. The van der Waals surface area contributed by atoms with E-state index in [1.54, 1.807) is 0 Å². The number of hydrogen-bond donors (Lipinski definition) is 0. The summed E-state index contributed by atoms with van der Waals surface area (Å²) in [6, 6.07) is 12.1. The van der Waals surface area contributed by atoms with E-state index in [0.29, 0.717) is 0 Å². The normalized spacial score (nSPS) is 12.4. The SMILES string of the molecule is Cc1cccc(C)c1N=Nc1c(C(C)(C)C)nc2ccccn12. The zero-order chi connectivity index (χ0) is 16.6. The lowest BCUT2D eigenvalue weighted by Gasteiger charge is -2.15. The quantitative estimate of drug-likeness (QED) is 0.563. The fourth-order valence-corrected chi connectivity index (χ4v) is 2.64. The highest BCUT2D eigenvalue weighted by Gasteiger charge is 2.24. The molecule has 0 aliphatic heterocycles. The molecule has 0 unspecified atom stereocenters. The second-order valence-electron chi connectivity index (χ2n) is 6.90. The van der Waals surface area contributed by atoms with Gasteiger partial charge in [-0.25, -0.2) is 4.98 Å². The molecule has 0 bridgehead atoms. The summed E-state index contributed by atoms with van der Waals surface area (Å²) in [7, 11) is 0. The third-order valence-electron chi connectivity index (χ3n) is 3.90. The molecule has 0 aliphatic carbocycles. The second kappa shape index (κ2) is 5.61. The van der Waals surface area contributed by atoms with E-state index >= 15 is 0 Å². The van der Waals surface area contributed by atoms with Crippen LogP contribution in [0.5, 0.6) is 0 Å². The van der Waals surface area contributed by atoms with Gasteiger partial charge in [-0.3, -0.25) is 4.40 Å². The van der Waals surface area contributed by atoms with Gasteiger partial charge in [0.15, 0.2) is 5.82 Å². The molecule has 0 N–H and O–H groups in total. The molecule has 2 aromatic heterocycles. The molecule has 3 aromatic rings. The lowest BCUT2D eigenvalue weighted by Crippen LogP contribution is -2.11. The van der Waals surface area contributed by atoms with E-state index < -0.39 is 0 Å². The Labute approximate surface area is 136 Å². The topological polar surface area (TPSA) is 42.0 Å².